The molecule has 18 heavy (non-hydrogen) atoms. The van der Waals surface area contributed by atoms with E-state index in [1.54, 1.807) is 4.90 Å². The van der Waals surface area contributed by atoms with Crippen LogP contribution in [0.15, 0.2) is 24.3 Å². The maximum Gasteiger partial charge on any atom is 0.260 e. The third kappa shape index (κ3) is 2.89. The lowest BCUT2D eigenvalue weighted by atomic mass is 9.96. The van der Waals surface area contributed by atoms with Gasteiger partial charge in [-0.15, -0.1) is 0 Å². The fourth-order valence-corrected chi connectivity index (χ4v) is 2.41. The summed E-state index contributed by atoms with van der Waals surface area (Å²) in [5.74, 6) is -0.361. The third-order valence-corrected chi connectivity index (χ3v) is 3.50. The molecular weight excluding hydrogens is 229 g/mol. The van der Waals surface area contributed by atoms with Gasteiger partial charge in [0.1, 0.15) is 0 Å². The first-order chi connectivity index (χ1) is 8.49. The number of benzene rings is 1. The summed E-state index contributed by atoms with van der Waals surface area (Å²) in [5.41, 5.74) is 0.225. The molecule has 2 nitrogen and oxygen atoms in total. The van der Waals surface area contributed by atoms with Crippen LogP contribution in [0.1, 0.15) is 30.9 Å². The number of likely N-dealkylation sites (tertiary alicyclic amines) is 1. The Balaban J connectivity index is 2.05. The average Bonchev–Trinajstić information content (AvgIpc) is 2.84. The van der Waals surface area contributed by atoms with E-state index in [-0.39, 0.29) is 12.3 Å². The smallest absolute Gasteiger partial charge is 0.260 e. The van der Waals surface area contributed by atoms with Gasteiger partial charge in [-0.3, -0.25) is 4.79 Å². The third-order valence-electron chi connectivity index (χ3n) is 3.50. The molecule has 0 saturated carbocycles. The first-order valence-electron chi connectivity index (χ1n) is 6.53. The SMILES string of the molecule is Cc1ccc(CC(C)(F)C(=O)N2CCCC2)cc1. The number of carbonyl (C=O) groups excluding carboxylic acids is 1. The summed E-state index contributed by atoms with van der Waals surface area (Å²) in [7, 11) is 0. The molecule has 98 valence electrons. The molecule has 1 amide bonds. The Morgan fingerprint density at radius 3 is 2.39 bits per heavy atom. The molecule has 0 aromatic heterocycles. The molecule has 2 rings (SSSR count). The number of hydrogen-bond donors (Lipinski definition) is 0. The van der Waals surface area contributed by atoms with Gasteiger partial charge < -0.3 is 4.90 Å². The number of hydrogen-bond acceptors (Lipinski definition) is 1. The fourth-order valence-electron chi connectivity index (χ4n) is 2.41. The van der Waals surface area contributed by atoms with E-state index in [1.165, 1.54) is 6.92 Å². The van der Waals surface area contributed by atoms with Crippen LogP contribution in [0.2, 0.25) is 0 Å². The molecule has 1 fully saturated rings. The molecule has 1 aliphatic heterocycles. The summed E-state index contributed by atoms with van der Waals surface area (Å²) in [5, 5.41) is 0. The van der Waals surface area contributed by atoms with E-state index in [0.29, 0.717) is 13.1 Å². The van der Waals surface area contributed by atoms with Crippen molar-refractivity contribution < 1.29 is 9.18 Å². The zero-order valence-corrected chi connectivity index (χ0v) is 11.1. The normalized spacial score (nSPS) is 18.7. The number of rotatable bonds is 3. The highest BCUT2D eigenvalue weighted by molar-refractivity contribution is 5.85. The lowest BCUT2D eigenvalue weighted by Gasteiger charge is -2.25. The second-order valence-corrected chi connectivity index (χ2v) is 5.36. The van der Waals surface area contributed by atoms with E-state index < -0.39 is 5.67 Å². The van der Waals surface area contributed by atoms with Gasteiger partial charge in [0.25, 0.3) is 5.91 Å². The average molecular weight is 249 g/mol. The van der Waals surface area contributed by atoms with Crippen LogP contribution in [-0.4, -0.2) is 29.6 Å². The molecule has 0 radical (unpaired) electrons. The van der Waals surface area contributed by atoms with Gasteiger partial charge in [-0.1, -0.05) is 29.8 Å². The second kappa shape index (κ2) is 5.09. The first-order valence-corrected chi connectivity index (χ1v) is 6.53. The standard InChI is InChI=1S/C15H20FNO/c1-12-5-7-13(8-6-12)11-15(2,16)14(18)17-9-3-4-10-17/h5-8H,3-4,9-11H2,1-2H3. The van der Waals surface area contributed by atoms with Gasteiger partial charge in [-0.25, -0.2) is 4.39 Å². The van der Waals surface area contributed by atoms with Gasteiger partial charge in [0.2, 0.25) is 0 Å². The van der Waals surface area contributed by atoms with Crippen LogP contribution < -0.4 is 0 Å². The predicted octanol–water partition coefficient (Wildman–Crippen LogP) is 2.89. The van der Waals surface area contributed by atoms with Crippen molar-refractivity contribution in [2.75, 3.05) is 13.1 Å². The lowest BCUT2D eigenvalue weighted by molar-refractivity contribution is -0.141. The fraction of sp³-hybridized carbons (Fsp3) is 0.533. The van der Waals surface area contributed by atoms with Crippen LogP contribution in [-0.2, 0) is 11.2 Å². The minimum Gasteiger partial charge on any atom is -0.340 e. The Morgan fingerprint density at radius 1 is 1.28 bits per heavy atom. The molecule has 1 aromatic rings. The molecule has 1 unspecified atom stereocenters. The highest BCUT2D eigenvalue weighted by Crippen LogP contribution is 2.23. The van der Waals surface area contributed by atoms with Crippen molar-refractivity contribution in [2.45, 2.75) is 38.8 Å². The van der Waals surface area contributed by atoms with Crippen molar-refractivity contribution in [2.24, 2.45) is 0 Å². The molecule has 1 aliphatic rings. The van der Waals surface area contributed by atoms with E-state index in [9.17, 15) is 9.18 Å². The molecule has 1 atom stereocenters. The van der Waals surface area contributed by atoms with Gasteiger partial charge in [-0.05, 0) is 32.3 Å². The second-order valence-electron chi connectivity index (χ2n) is 5.36. The van der Waals surface area contributed by atoms with Crippen molar-refractivity contribution in [3.8, 4) is 0 Å². The molecule has 0 aliphatic carbocycles. The quantitative estimate of drug-likeness (QED) is 0.806. The molecule has 1 saturated heterocycles. The van der Waals surface area contributed by atoms with Crippen LogP contribution in [0.4, 0.5) is 4.39 Å². The topological polar surface area (TPSA) is 20.3 Å². The number of amides is 1. The number of aryl methyl sites for hydroxylation is 1. The monoisotopic (exact) mass is 249 g/mol. The molecule has 0 bridgehead atoms. The summed E-state index contributed by atoms with van der Waals surface area (Å²) in [6, 6.07) is 7.69. The lowest BCUT2D eigenvalue weighted by Crippen LogP contribution is -2.44. The Bertz CT molecular complexity index is 419. The van der Waals surface area contributed by atoms with E-state index in [2.05, 4.69) is 0 Å². The summed E-state index contributed by atoms with van der Waals surface area (Å²) in [4.78, 5) is 13.7. The summed E-state index contributed by atoms with van der Waals surface area (Å²) in [6.45, 7) is 4.79. The van der Waals surface area contributed by atoms with E-state index in [0.717, 1.165) is 24.0 Å². The Labute approximate surface area is 108 Å². The molecule has 3 heteroatoms. The van der Waals surface area contributed by atoms with Gasteiger partial charge in [-0.2, -0.15) is 0 Å². The first kappa shape index (κ1) is 13.1. The molecule has 0 spiro atoms. The Morgan fingerprint density at radius 2 is 1.83 bits per heavy atom. The Kier molecular flexibility index (Phi) is 3.69. The van der Waals surface area contributed by atoms with Crippen molar-refractivity contribution in [1.82, 2.24) is 4.90 Å². The van der Waals surface area contributed by atoms with Crippen molar-refractivity contribution in [3.63, 3.8) is 0 Å². The molecule has 1 aromatic carbocycles. The van der Waals surface area contributed by atoms with Crippen molar-refractivity contribution in [1.29, 1.82) is 0 Å². The maximum absolute atomic E-state index is 14.5. The van der Waals surface area contributed by atoms with Crippen LogP contribution in [0.3, 0.4) is 0 Å². The van der Waals surface area contributed by atoms with Crippen LogP contribution in [0.25, 0.3) is 0 Å². The van der Waals surface area contributed by atoms with Crippen LogP contribution in [0, 0.1) is 6.92 Å². The predicted molar refractivity (Wildman–Crippen MR) is 70.2 cm³/mol. The minimum absolute atomic E-state index is 0.155. The zero-order valence-electron chi connectivity index (χ0n) is 11.1. The van der Waals surface area contributed by atoms with E-state index in [4.69, 9.17) is 0 Å². The van der Waals surface area contributed by atoms with Crippen molar-refractivity contribution >= 4 is 5.91 Å². The highest BCUT2D eigenvalue weighted by Gasteiger charge is 2.37. The van der Waals surface area contributed by atoms with Crippen LogP contribution in [0.5, 0.6) is 0 Å². The zero-order chi connectivity index (χ0) is 13.2. The Hall–Kier alpha value is -1.38. The molecule has 1 heterocycles. The van der Waals surface area contributed by atoms with E-state index >= 15 is 0 Å². The van der Waals surface area contributed by atoms with E-state index in [1.807, 2.05) is 31.2 Å². The number of halogens is 1. The summed E-state index contributed by atoms with van der Waals surface area (Å²) >= 11 is 0. The maximum atomic E-state index is 14.5. The van der Waals surface area contributed by atoms with Gasteiger partial charge >= 0.3 is 0 Å². The van der Waals surface area contributed by atoms with Gasteiger partial charge in [0.15, 0.2) is 5.67 Å². The minimum atomic E-state index is -1.79. The largest absolute Gasteiger partial charge is 0.340 e. The van der Waals surface area contributed by atoms with Crippen LogP contribution >= 0.6 is 0 Å². The molecule has 0 N–H and O–H groups in total. The van der Waals surface area contributed by atoms with Gasteiger partial charge in [0.05, 0.1) is 0 Å². The summed E-state index contributed by atoms with van der Waals surface area (Å²) < 4.78 is 14.5. The number of alkyl halides is 1. The summed E-state index contributed by atoms with van der Waals surface area (Å²) in [6.07, 6.45) is 2.14. The van der Waals surface area contributed by atoms with Crippen molar-refractivity contribution in [3.05, 3.63) is 35.4 Å². The molecular formula is C15H20FNO. The number of carbonyl (C=O) groups is 1. The highest BCUT2D eigenvalue weighted by atomic mass is 19.1. The van der Waals surface area contributed by atoms with Gasteiger partial charge in [0, 0.05) is 19.5 Å². The number of nitrogens with zero attached hydrogens (tertiary/aromatic N) is 1.